The number of amides is 2. The second kappa shape index (κ2) is 13.9. The smallest absolute Gasteiger partial charge is 0.223 e. The highest BCUT2D eigenvalue weighted by molar-refractivity contribution is 5.74. The lowest BCUT2D eigenvalue weighted by Gasteiger charge is -2.16. The molecule has 7 nitrogen and oxygen atoms in total. The molecule has 0 bridgehead atoms. The van der Waals surface area contributed by atoms with Crippen LogP contribution in [0.15, 0.2) is 25.6 Å². The predicted octanol–water partition coefficient (Wildman–Crippen LogP) is 1.02. The minimum Gasteiger partial charge on any atom is -0.377 e. The standard InChI is InChI=1S/C16H28N2O5/c1-5-17(15(3)19)7-9-21-11-13-23-14-12-22-10-8-18(6-2)16(4)20/h5-6H,1-2,7-14H2,3-4H3. The Morgan fingerprint density at radius 1 is 0.739 bits per heavy atom. The van der Waals surface area contributed by atoms with Crippen LogP contribution < -0.4 is 0 Å². The molecular formula is C16H28N2O5. The van der Waals surface area contributed by atoms with Crippen molar-refractivity contribution in [3.8, 4) is 0 Å². The van der Waals surface area contributed by atoms with Crippen molar-refractivity contribution in [2.75, 3.05) is 52.7 Å². The van der Waals surface area contributed by atoms with Gasteiger partial charge in [0.1, 0.15) is 0 Å². The summed E-state index contributed by atoms with van der Waals surface area (Å²) in [5, 5.41) is 0. The van der Waals surface area contributed by atoms with Crippen LogP contribution in [0.2, 0.25) is 0 Å². The van der Waals surface area contributed by atoms with Gasteiger partial charge in [0.05, 0.1) is 39.6 Å². The molecule has 0 aromatic heterocycles. The lowest BCUT2D eigenvalue weighted by molar-refractivity contribution is -0.127. The first kappa shape index (κ1) is 21.3. The van der Waals surface area contributed by atoms with Gasteiger partial charge in [0, 0.05) is 26.9 Å². The van der Waals surface area contributed by atoms with Gasteiger partial charge in [-0.15, -0.1) is 0 Å². The van der Waals surface area contributed by atoms with Crippen LogP contribution in [0.3, 0.4) is 0 Å². The minimum atomic E-state index is -0.0585. The second-order valence-electron chi connectivity index (χ2n) is 4.63. The molecule has 7 heteroatoms. The number of carbonyl (C=O) groups excluding carboxylic acids is 2. The predicted molar refractivity (Wildman–Crippen MR) is 87.6 cm³/mol. The summed E-state index contributed by atoms with van der Waals surface area (Å²) in [5.41, 5.74) is 0. The number of hydrogen-bond donors (Lipinski definition) is 0. The monoisotopic (exact) mass is 328 g/mol. The van der Waals surface area contributed by atoms with Crippen LogP contribution in [0.4, 0.5) is 0 Å². The molecule has 0 aliphatic heterocycles. The summed E-state index contributed by atoms with van der Waals surface area (Å²) in [7, 11) is 0. The molecule has 0 rings (SSSR count). The Morgan fingerprint density at radius 3 is 1.30 bits per heavy atom. The highest BCUT2D eigenvalue weighted by Crippen LogP contribution is 1.91. The molecule has 23 heavy (non-hydrogen) atoms. The largest absolute Gasteiger partial charge is 0.377 e. The normalized spacial score (nSPS) is 10.2. The number of nitrogens with zero attached hydrogens (tertiary/aromatic N) is 2. The van der Waals surface area contributed by atoms with Crippen molar-refractivity contribution >= 4 is 11.8 Å². The van der Waals surface area contributed by atoms with E-state index < -0.39 is 0 Å². The van der Waals surface area contributed by atoms with Crippen molar-refractivity contribution in [3.05, 3.63) is 25.6 Å². The van der Waals surface area contributed by atoms with Crippen molar-refractivity contribution < 1.29 is 23.8 Å². The maximum absolute atomic E-state index is 11.1. The summed E-state index contributed by atoms with van der Waals surface area (Å²) in [5.74, 6) is -0.117. The molecule has 0 saturated heterocycles. The molecule has 0 N–H and O–H groups in total. The van der Waals surface area contributed by atoms with E-state index in [4.69, 9.17) is 14.2 Å². The molecule has 0 unspecified atom stereocenters. The molecule has 0 saturated carbocycles. The summed E-state index contributed by atoms with van der Waals surface area (Å²) in [6, 6.07) is 0. The Hall–Kier alpha value is -1.70. The lowest BCUT2D eigenvalue weighted by Crippen LogP contribution is -2.27. The summed E-state index contributed by atoms with van der Waals surface area (Å²) < 4.78 is 16.1. The van der Waals surface area contributed by atoms with Crippen molar-refractivity contribution in [3.63, 3.8) is 0 Å². The summed E-state index contributed by atoms with van der Waals surface area (Å²) in [6.45, 7) is 13.8. The molecule has 0 atom stereocenters. The maximum Gasteiger partial charge on any atom is 0.223 e. The average Bonchev–Trinajstić information content (AvgIpc) is 2.51. The van der Waals surface area contributed by atoms with Crippen LogP contribution in [-0.4, -0.2) is 74.3 Å². The van der Waals surface area contributed by atoms with E-state index in [0.29, 0.717) is 52.7 Å². The van der Waals surface area contributed by atoms with Gasteiger partial charge >= 0.3 is 0 Å². The van der Waals surface area contributed by atoms with Crippen molar-refractivity contribution in [2.24, 2.45) is 0 Å². The molecule has 0 aliphatic carbocycles. The van der Waals surface area contributed by atoms with E-state index in [1.165, 1.54) is 36.0 Å². The number of ether oxygens (including phenoxy) is 3. The van der Waals surface area contributed by atoms with E-state index in [2.05, 4.69) is 13.2 Å². The quantitative estimate of drug-likeness (QED) is 0.445. The molecule has 0 spiro atoms. The summed E-state index contributed by atoms with van der Waals surface area (Å²) in [4.78, 5) is 25.2. The van der Waals surface area contributed by atoms with Gasteiger partial charge < -0.3 is 24.0 Å². The molecule has 2 amide bonds. The number of rotatable bonds is 14. The minimum absolute atomic E-state index is 0.0585. The zero-order chi connectivity index (χ0) is 17.5. The van der Waals surface area contributed by atoms with E-state index in [0.717, 1.165) is 0 Å². The van der Waals surface area contributed by atoms with Gasteiger partial charge in [0.25, 0.3) is 0 Å². The Morgan fingerprint density at radius 2 is 1.04 bits per heavy atom. The van der Waals surface area contributed by atoms with Crippen LogP contribution in [0.1, 0.15) is 13.8 Å². The first-order valence-electron chi connectivity index (χ1n) is 7.55. The third-order valence-electron chi connectivity index (χ3n) is 2.95. The highest BCUT2D eigenvalue weighted by atomic mass is 16.5. The van der Waals surface area contributed by atoms with E-state index in [1.807, 2.05) is 0 Å². The van der Waals surface area contributed by atoms with Crippen LogP contribution in [0.5, 0.6) is 0 Å². The van der Waals surface area contributed by atoms with Crippen molar-refractivity contribution in [1.82, 2.24) is 9.80 Å². The van der Waals surface area contributed by atoms with Gasteiger partial charge in [-0.05, 0) is 12.4 Å². The number of carbonyl (C=O) groups is 2. The van der Waals surface area contributed by atoms with Crippen LogP contribution in [0.25, 0.3) is 0 Å². The van der Waals surface area contributed by atoms with Gasteiger partial charge in [-0.3, -0.25) is 9.59 Å². The zero-order valence-electron chi connectivity index (χ0n) is 14.2. The summed E-state index contributed by atoms with van der Waals surface area (Å²) >= 11 is 0. The number of hydrogen-bond acceptors (Lipinski definition) is 5. The fourth-order valence-corrected chi connectivity index (χ4v) is 1.62. The van der Waals surface area contributed by atoms with Crippen molar-refractivity contribution in [2.45, 2.75) is 13.8 Å². The topological polar surface area (TPSA) is 68.3 Å². The molecule has 0 heterocycles. The molecule has 0 aliphatic rings. The molecule has 0 aromatic rings. The molecular weight excluding hydrogens is 300 g/mol. The van der Waals surface area contributed by atoms with E-state index in [-0.39, 0.29) is 11.8 Å². The van der Waals surface area contributed by atoms with Crippen LogP contribution in [-0.2, 0) is 23.8 Å². The average molecular weight is 328 g/mol. The molecule has 132 valence electrons. The van der Waals surface area contributed by atoms with Crippen LogP contribution in [0, 0.1) is 0 Å². The van der Waals surface area contributed by atoms with Gasteiger partial charge in [0.15, 0.2) is 0 Å². The Balaban J connectivity index is 3.37. The third kappa shape index (κ3) is 11.5. The second-order valence-corrected chi connectivity index (χ2v) is 4.63. The summed E-state index contributed by atoms with van der Waals surface area (Å²) in [6.07, 6.45) is 2.97. The fraction of sp³-hybridized carbons (Fsp3) is 0.625. The maximum atomic E-state index is 11.1. The Labute approximate surface area is 138 Å². The van der Waals surface area contributed by atoms with Gasteiger partial charge in [-0.25, -0.2) is 0 Å². The molecule has 0 radical (unpaired) electrons. The third-order valence-corrected chi connectivity index (χ3v) is 2.95. The Bertz CT molecular complexity index is 339. The molecule has 0 aromatic carbocycles. The van der Waals surface area contributed by atoms with Crippen LogP contribution >= 0.6 is 0 Å². The first-order valence-corrected chi connectivity index (χ1v) is 7.55. The highest BCUT2D eigenvalue weighted by Gasteiger charge is 2.04. The van der Waals surface area contributed by atoms with E-state index in [9.17, 15) is 9.59 Å². The van der Waals surface area contributed by atoms with Gasteiger partial charge in [-0.1, -0.05) is 13.2 Å². The lowest BCUT2D eigenvalue weighted by atomic mass is 10.5. The Kier molecular flexibility index (Phi) is 12.9. The van der Waals surface area contributed by atoms with Crippen molar-refractivity contribution in [1.29, 1.82) is 0 Å². The van der Waals surface area contributed by atoms with Gasteiger partial charge in [0.2, 0.25) is 11.8 Å². The first-order chi connectivity index (χ1) is 11.0. The molecule has 0 fully saturated rings. The van der Waals surface area contributed by atoms with E-state index >= 15 is 0 Å². The zero-order valence-corrected chi connectivity index (χ0v) is 14.2. The SMILES string of the molecule is C=CN(CCOCCOCCOCCN(C=C)C(C)=O)C(C)=O. The fourth-order valence-electron chi connectivity index (χ4n) is 1.62. The van der Waals surface area contributed by atoms with Gasteiger partial charge in [-0.2, -0.15) is 0 Å². The van der Waals surface area contributed by atoms with E-state index in [1.54, 1.807) is 0 Å².